The number of sulfonamides is 1. The van der Waals surface area contributed by atoms with E-state index in [1.165, 1.54) is 17.0 Å². The molecule has 55 heavy (non-hydrogen) atoms. The molecule has 3 N–H and O–H groups in total. The summed E-state index contributed by atoms with van der Waals surface area (Å²) in [7, 11) is -4.11. The quantitative estimate of drug-likeness (QED) is 0.169. The summed E-state index contributed by atoms with van der Waals surface area (Å²) in [6, 6.07) is 19.4. The minimum absolute atomic E-state index is 0.0818. The highest BCUT2D eigenvalue weighted by atomic mass is 32.2. The number of carbonyl (C=O) groups excluding carboxylic acids is 3. The second-order valence-electron chi connectivity index (χ2n) is 15.9. The molecule has 7 rings (SSSR count). The third-order valence-corrected chi connectivity index (χ3v) is 12.7. The van der Waals surface area contributed by atoms with E-state index in [1.54, 1.807) is 12.1 Å². The van der Waals surface area contributed by atoms with Gasteiger partial charge in [-0.05, 0) is 66.5 Å². The topological polar surface area (TPSA) is 146 Å². The molecule has 0 unspecified atom stereocenters. The van der Waals surface area contributed by atoms with Gasteiger partial charge in [-0.1, -0.05) is 86.6 Å². The van der Waals surface area contributed by atoms with Crippen molar-refractivity contribution in [1.29, 1.82) is 0 Å². The fourth-order valence-corrected chi connectivity index (χ4v) is 8.93. The summed E-state index contributed by atoms with van der Waals surface area (Å²) >= 11 is 0. The van der Waals surface area contributed by atoms with Gasteiger partial charge in [0.15, 0.2) is 0 Å². The molecule has 3 aromatic rings. The minimum Gasteiger partial charge on any atom is -0.390 e. The van der Waals surface area contributed by atoms with E-state index in [4.69, 9.17) is 4.84 Å². The number of oxime groups is 1. The van der Waals surface area contributed by atoms with Gasteiger partial charge in [0.2, 0.25) is 28.3 Å². The van der Waals surface area contributed by atoms with Gasteiger partial charge in [0.1, 0.15) is 29.2 Å². The fourth-order valence-electron chi connectivity index (χ4n) is 7.57. The molecular formula is C40H44F3N5O6S. The van der Waals surface area contributed by atoms with Crippen LogP contribution in [-0.2, 0) is 35.7 Å². The molecule has 0 bridgehead atoms. The third kappa shape index (κ3) is 7.86. The lowest BCUT2D eigenvalue weighted by Crippen LogP contribution is -2.60. The number of hydrogen-bond donors (Lipinski definition) is 3. The van der Waals surface area contributed by atoms with Crippen molar-refractivity contribution >= 4 is 33.5 Å². The zero-order valence-corrected chi connectivity index (χ0v) is 31.5. The zero-order valence-electron chi connectivity index (χ0n) is 30.7. The summed E-state index contributed by atoms with van der Waals surface area (Å²) in [6.45, 7) is 5.83. The van der Waals surface area contributed by atoms with Gasteiger partial charge in [-0.2, -0.15) is 0 Å². The smallest absolute Gasteiger partial charge is 0.259 e. The van der Waals surface area contributed by atoms with Gasteiger partial charge in [0.25, 0.3) is 5.91 Å². The number of nitrogens with one attached hydrogen (secondary N) is 3. The maximum Gasteiger partial charge on any atom is 0.259 e. The molecule has 3 fully saturated rings. The number of amides is 3. The molecule has 0 spiro atoms. The Bertz CT molecular complexity index is 2070. The van der Waals surface area contributed by atoms with E-state index < -0.39 is 80.9 Å². The molecule has 3 amide bonds. The minimum atomic E-state index is -4.11. The number of nitrogens with zero attached hydrogens (tertiary/aromatic N) is 2. The largest absolute Gasteiger partial charge is 0.390 e. The Labute approximate surface area is 318 Å². The molecule has 2 saturated carbocycles. The number of rotatable bonds is 13. The van der Waals surface area contributed by atoms with Crippen molar-refractivity contribution in [1.82, 2.24) is 20.3 Å². The van der Waals surface area contributed by atoms with Crippen molar-refractivity contribution in [3.8, 4) is 11.1 Å². The monoisotopic (exact) mass is 779 g/mol. The summed E-state index contributed by atoms with van der Waals surface area (Å²) in [6.07, 6.45) is -3.21. The number of carbonyl (C=O) groups is 3. The molecule has 11 nitrogen and oxygen atoms in total. The van der Waals surface area contributed by atoms with Crippen LogP contribution in [0.2, 0.25) is 0 Å². The number of benzene rings is 3. The number of halogens is 3. The van der Waals surface area contributed by atoms with E-state index in [1.807, 2.05) is 74.0 Å². The molecule has 1 heterocycles. The molecule has 292 valence electrons. The number of fused-ring (bicyclic) bond motifs is 3. The molecular weight excluding hydrogens is 736 g/mol. The van der Waals surface area contributed by atoms with Crippen LogP contribution in [0.3, 0.4) is 0 Å². The summed E-state index contributed by atoms with van der Waals surface area (Å²) in [5.41, 5.74) is 2.24. The Kier molecular flexibility index (Phi) is 10.3. The maximum absolute atomic E-state index is 14.5. The lowest BCUT2D eigenvalue weighted by Gasteiger charge is -2.36. The first-order chi connectivity index (χ1) is 26.1. The average molecular weight is 780 g/mol. The Morgan fingerprint density at radius 3 is 2.09 bits per heavy atom. The van der Waals surface area contributed by atoms with Crippen molar-refractivity contribution in [2.45, 2.75) is 88.3 Å². The highest BCUT2D eigenvalue weighted by molar-refractivity contribution is 7.91. The van der Waals surface area contributed by atoms with E-state index in [0.717, 1.165) is 27.8 Å². The summed E-state index contributed by atoms with van der Waals surface area (Å²) in [5, 5.41) is 9.52. The van der Waals surface area contributed by atoms with E-state index in [2.05, 4.69) is 15.8 Å². The lowest BCUT2D eigenvalue weighted by molar-refractivity contribution is -0.143. The standard InChI is InChI=1S/C40H44F3N5O6S/c1-39(2,3)34(44-19-18-23-12-14-24(41)15-13-23)37(50)48-22-25(54-46-33-29-10-6-4-8-27(29)28-9-5-7-11-30(28)33)20-32(48)36(49)45-40(21-31(40)35(42)43)38(51)47-55(52,53)26-16-17-26/h4-15,25-26,31-32,34-35,44H,16-22H2,1-3H3,(H,45,49)(H,47,51)/t25-,31+,32+,34-,40+/m1/s1. The van der Waals surface area contributed by atoms with Crippen LogP contribution in [0.15, 0.2) is 78.0 Å². The Hall–Kier alpha value is -4.76. The van der Waals surface area contributed by atoms with Gasteiger partial charge < -0.3 is 20.4 Å². The molecule has 0 radical (unpaired) electrons. The summed E-state index contributed by atoms with van der Waals surface area (Å²) in [4.78, 5) is 49.6. The number of likely N-dealkylation sites (tertiary alicyclic amines) is 1. The molecule has 5 atom stereocenters. The van der Waals surface area contributed by atoms with Crippen LogP contribution < -0.4 is 15.4 Å². The molecule has 15 heteroatoms. The molecule has 1 aliphatic heterocycles. The van der Waals surface area contributed by atoms with Crippen LogP contribution in [0.25, 0.3) is 11.1 Å². The van der Waals surface area contributed by atoms with E-state index in [-0.39, 0.29) is 18.8 Å². The van der Waals surface area contributed by atoms with Crippen LogP contribution in [0.1, 0.15) is 63.1 Å². The van der Waals surface area contributed by atoms with Crippen LogP contribution in [0.5, 0.6) is 0 Å². The fraction of sp³-hybridized carbons (Fsp3) is 0.450. The van der Waals surface area contributed by atoms with E-state index in [9.17, 15) is 36.0 Å². The molecule has 3 aliphatic carbocycles. The highest BCUT2D eigenvalue weighted by Crippen LogP contribution is 2.48. The van der Waals surface area contributed by atoms with Crippen molar-refractivity contribution in [2.75, 3.05) is 13.1 Å². The first-order valence-corrected chi connectivity index (χ1v) is 20.0. The Morgan fingerprint density at radius 2 is 1.55 bits per heavy atom. The Morgan fingerprint density at radius 1 is 0.945 bits per heavy atom. The third-order valence-electron chi connectivity index (χ3n) is 10.9. The average Bonchev–Trinajstić information content (AvgIpc) is 4.06. The van der Waals surface area contributed by atoms with E-state index in [0.29, 0.717) is 31.5 Å². The normalized spacial score (nSPS) is 23.5. The predicted molar refractivity (Wildman–Crippen MR) is 199 cm³/mol. The van der Waals surface area contributed by atoms with Crippen molar-refractivity contribution in [2.24, 2.45) is 16.5 Å². The van der Waals surface area contributed by atoms with Gasteiger partial charge in [-0.25, -0.2) is 21.6 Å². The van der Waals surface area contributed by atoms with Crippen LogP contribution >= 0.6 is 0 Å². The van der Waals surface area contributed by atoms with Gasteiger partial charge in [0.05, 0.1) is 23.8 Å². The number of alkyl halides is 2. The Balaban J connectivity index is 1.15. The van der Waals surface area contributed by atoms with Crippen molar-refractivity contribution in [3.63, 3.8) is 0 Å². The SMILES string of the molecule is CC(C)(C)[C@H](NCCc1ccc(F)cc1)C(=O)N1C[C@H](ON=C2c3ccccc3-c3ccccc32)C[C@H]1C(=O)N[C@@]1(C(=O)NS(=O)(=O)C2CC2)C[C@H]1C(F)F. The van der Waals surface area contributed by atoms with Gasteiger partial charge in [0, 0.05) is 17.5 Å². The van der Waals surface area contributed by atoms with Gasteiger partial charge >= 0.3 is 0 Å². The lowest BCUT2D eigenvalue weighted by atomic mass is 9.85. The van der Waals surface area contributed by atoms with Crippen LogP contribution in [0.4, 0.5) is 13.2 Å². The second-order valence-corrected chi connectivity index (χ2v) is 17.9. The molecule has 1 saturated heterocycles. The second kappa shape index (κ2) is 14.7. The first-order valence-electron chi connectivity index (χ1n) is 18.5. The molecule has 4 aliphatic rings. The first kappa shape index (κ1) is 38.5. The van der Waals surface area contributed by atoms with Crippen molar-refractivity contribution < 1.29 is 40.8 Å². The maximum atomic E-state index is 14.5. The van der Waals surface area contributed by atoms with E-state index >= 15 is 0 Å². The highest BCUT2D eigenvalue weighted by Gasteiger charge is 2.66. The van der Waals surface area contributed by atoms with Crippen LogP contribution in [-0.4, -0.2) is 85.2 Å². The summed E-state index contributed by atoms with van der Waals surface area (Å²) < 4.78 is 68.9. The zero-order chi connectivity index (χ0) is 39.3. The van der Waals surface area contributed by atoms with Gasteiger partial charge in [-0.3, -0.25) is 19.1 Å². The number of hydrogen-bond acceptors (Lipinski definition) is 8. The summed E-state index contributed by atoms with van der Waals surface area (Å²) in [5.74, 6) is -4.55. The van der Waals surface area contributed by atoms with Crippen molar-refractivity contribution in [3.05, 3.63) is 95.3 Å². The van der Waals surface area contributed by atoms with Crippen LogP contribution in [0, 0.1) is 17.2 Å². The van der Waals surface area contributed by atoms with Gasteiger partial charge in [-0.15, -0.1) is 0 Å². The molecule has 3 aromatic carbocycles. The molecule has 0 aromatic heterocycles. The predicted octanol–water partition coefficient (Wildman–Crippen LogP) is 4.54.